The number of guanidine groups is 1. The van der Waals surface area contributed by atoms with E-state index in [9.17, 15) is 29.1 Å². The van der Waals surface area contributed by atoms with Crippen LogP contribution in [0.5, 0.6) is 0 Å². The number of amides is 4. The van der Waals surface area contributed by atoms with Gasteiger partial charge in [-0.05, 0) is 41.9 Å². The molecule has 0 radical (unpaired) electrons. The van der Waals surface area contributed by atoms with Gasteiger partial charge in [0.25, 0.3) is 0 Å². The van der Waals surface area contributed by atoms with Crippen molar-refractivity contribution < 1.29 is 38.6 Å². The summed E-state index contributed by atoms with van der Waals surface area (Å²) in [5.74, 6) is -1.57. The molecule has 1 heterocycles. The average Bonchev–Trinajstić information content (AvgIpc) is 3.22. The second kappa shape index (κ2) is 22.0. The fourth-order valence-corrected chi connectivity index (χ4v) is 6.98. The zero-order valence-electron chi connectivity index (χ0n) is 31.6. The smallest absolute Gasteiger partial charge is 0.437 e. The summed E-state index contributed by atoms with van der Waals surface area (Å²) in [4.78, 5) is 70.6. The number of likely N-dealkylation sites (tertiary alicyclic amines) is 1. The van der Waals surface area contributed by atoms with Crippen molar-refractivity contribution in [3.05, 3.63) is 108 Å². The molecule has 1 aliphatic heterocycles. The van der Waals surface area contributed by atoms with Gasteiger partial charge in [-0.2, -0.15) is 0 Å². The molecule has 298 valence electrons. The minimum atomic E-state index is -1.06. The van der Waals surface area contributed by atoms with Gasteiger partial charge in [0.1, 0.15) is 19.3 Å². The van der Waals surface area contributed by atoms with E-state index in [1.54, 1.807) is 4.90 Å². The Morgan fingerprint density at radius 2 is 1.29 bits per heavy atom. The summed E-state index contributed by atoms with van der Waals surface area (Å²) >= 11 is 0. The van der Waals surface area contributed by atoms with Gasteiger partial charge in [0.05, 0.1) is 12.6 Å². The largest absolute Gasteiger partial charge is 0.480 e. The van der Waals surface area contributed by atoms with Crippen molar-refractivity contribution in [2.24, 2.45) is 10.9 Å². The molecule has 5 N–H and O–H groups in total. The molecule has 5 rings (SSSR count). The van der Waals surface area contributed by atoms with E-state index in [2.05, 4.69) is 26.3 Å². The van der Waals surface area contributed by atoms with Crippen LogP contribution in [-0.2, 0) is 43.5 Å². The summed E-state index contributed by atoms with van der Waals surface area (Å²) in [6, 6.07) is 25.7. The van der Waals surface area contributed by atoms with E-state index in [4.69, 9.17) is 9.47 Å². The van der Waals surface area contributed by atoms with Crippen LogP contribution in [0.3, 0.4) is 0 Å². The van der Waals surface area contributed by atoms with Gasteiger partial charge in [0, 0.05) is 25.6 Å². The standard InChI is InChI=1S/C42H52N6O8/c49-37(50)27-43-35(25-30-13-5-1-6-14-30)38(51)45-36(26-31-15-7-2-8-16-31)39(52)44-34-21-23-48(24-22-34)40(46-41(53)55-28-32-17-9-3-10-18-32)47-42(54)56-29-33-19-11-4-12-20-33/h2-4,7-12,15-20,30,34-36,43H,1,5-6,13-14,21-29H2,(H,44,52)(H,45,51)(H,49,50)(H,46,47,53,54). The number of piperidine rings is 1. The highest BCUT2D eigenvalue weighted by Gasteiger charge is 2.31. The Balaban J connectivity index is 1.22. The van der Waals surface area contributed by atoms with Crippen LogP contribution in [0.1, 0.15) is 68.1 Å². The second-order valence-corrected chi connectivity index (χ2v) is 14.3. The lowest BCUT2D eigenvalue weighted by Crippen LogP contribution is -2.57. The van der Waals surface area contributed by atoms with Gasteiger partial charge in [0.2, 0.25) is 17.8 Å². The molecule has 1 aliphatic carbocycles. The average molecular weight is 769 g/mol. The number of nitrogens with one attached hydrogen (secondary N) is 4. The molecule has 56 heavy (non-hydrogen) atoms. The van der Waals surface area contributed by atoms with Crippen LogP contribution >= 0.6 is 0 Å². The third kappa shape index (κ3) is 14.1. The van der Waals surface area contributed by atoms with Gasteiger partial charge in [-0.3, -0.25) is 25.0 Å². The third-order valence-electron chi connectivity index (χ3n) is 10.00. The van der Waals surface area contributed by atoms with E-state index in [1.165, 1.54) is 0 Å². The van der Waals surface area contributed by atoms with Crippen LogP contribution in [0, 0.1) is 5.92 Å². The normalized spacial score (nSPS) is 16.2. The van der Waals surface area contributed by atoms with Gasteiger partial charge in [-0.15, -0.1) is 4.99 Å². The number of carbonyl (C=O) groups excluding carboxylic acids is 4. The second-order valence-electron chi connectivity index (χ2n) is 14.3. The third-order valence-corrected chi connectivity index (χ3v) is 10.00. The lowest BCUT2D eigenvalue weighted by atomic mass is 9.84. The highest BCUT2D eigenvalue weighted by molar-refractivity contribution is 5.99. The molecule has 14 heteroatoms. The van der Waals surface area contributed by atoms with Crippen molar-refractivity contribution in [2.45, 2.75) is 89.1 Å². The molecule has 2 aliphatic rings. The summed E-state index contributed by atoms with van der Waals surface area (Å²) < 4.78 is 10.7. The lowest BCUT2D eigenvalue weighted by Gasteiger charge is -2.34. The van der Waals surface area contributed by atoms with Crippen molar-refractivity contribution in [3.63, 3.8) is 0 Å². The van der Waals surface area contributed by atoms with Crippen LogP contribution in [0.15, 0.2) is 96.0 Å². The Hall–Kier alpha value is -5.76. The first-order chi connectivity index (χ1) is 27.2. The minimum Gasteiger partial charge on any atom is -0.480 e. The van der Waals surface area contributed by atoms with Crippen LogP contribution in [0.4, 0.5) is 9.59 Å². The molecule has 3 aromatic carbocycles. The van der Waals surface area contributed by atoms with E-state index < -0.39 is 36.1 Å². The monoisotopic (exact) mass is 768 g/mol. The highest BCUT2D eigenvalue weighted by Crippen LogP contribution is 2.27. The Morgan fingerprint density at radius 1 is 0.714 bits per heavy atom. The number of carboxylic acids is 1. The van der Waals surface area contributed by atoms with Crippen LogP contribution in [0.25, 0.3) is 0 Å². The number of carboxylic acid groups (broad SMARTS) is 1. The SMILES string of the molecule is O=C(O)CNC(CC1CCCCC1)C(=O)NC(Cc1ccccc1)C(=O)NC1CCN(C(=NC(=O)OCc2ccccc2)NC(=O)OCc2ccccc2)CC1. The first-order valence-electron chi connectivity index (χ1n) is 19.3. The Kier molecular flexibility index (Phi) is 16.2. The number of alkyl carbamates (subject to hydrolysis) is 1. The molecule has 2 fully saturated rings. The van der Waals surface area contributed by atoms with Crippen molar-refractivity contribution in [3.8, 4) is 0 Å². The van der Waals surface area contributed by atoms with Gasteiger partial charge in [-0.25, -0.2) is 9.59 Å². The van der Waals surface area contributed by atoms with Crippen molar-refractivity contribution in [1.82, 2.24) is 26.2 Å². The number of rotatable bonds is 15. The minimum absolute atomic E-state index is 0.000643. The van der Waals surface area contributed by atoms with Crippen molar-refractivity contribution in [1.29, 1.82) is 0 Å². The Bertz CT molecular complexity index is 1750. The number of hydrogen-bond donors (Lipinski definition) is 5. The van der Waals surface area contributed by atoms with E-state index in [0.29, 0.717) is 38.3 Å². The number of ether oxygens (including phenoxy) is 2. The number of aliphatic carboxylic acids is 1. The molecule has 0 aromatic heterocycles. The van der Waals surface area contributed by atoms with Crippen molar-refractivity contribution in [2.75, 3.05) is 19.6 Å². The molecule has 14 nitrogen and oxygen atoms in total. The fourth-order valence-electron chi connectivity index (χ4n) is 6.98. The van der Waals surface area contributed by atoms with E-state index in [-0.39, 0.29) is 44.1 Å². The zero-order valence-corrected chi connectivity index (χ0v) is 31.6. The maximum atomic E-state index is 13.9. The molecule has 3 aromatic rings. The fraction of sp³-hybridized carbons (Fsp3) is 0.429. The van der Waals surface area contributed by atoms with Crippen LogP contribution < -0.4 is 21.3 Å². The molecule has 0 bridgehead atoms. The number of nitrogens with zero attached hydrogens (tertiary/aromatic N) is 2. The topological polar surface area (TPSA) is 188 Å². The molecule has 1 saturated heterocycles. The van der Waals surface area contributed by atoms with Crippen LogP contribution in [-0.4, -0.2) is 83.7 Å². The van der Waals surface area contributed by atoms with E-state index >= 15 is 0 Å². The summed E-state index contributed by atoms with van der Waals surface area (Å²) in [5.41, 5.74) is 2.43. The van der Waals surface area contributed by atoms with Gasteiger partial charge in [-0.1, -0.05) is 123 Å². The number of carbonyl (C=O) groups is 5. The molecule has 0 spiro atoms. The van der Waals surface area contributed by atoms with Gasteiger partial charge < -0.3 is 30.1 Å². The van der Waals surface area contributed by atoms with Gasteiger partial charge >= 0.3 is 18.2 Å². The zero-order chi connectivity index (χ0) is 39.5. The van der Waals surface area contributed by atoms with Gasteiger partial charge in [0.15, 0.2) is 0 Å². The summed E-state index contributed by atoms with van der Waals surface area (Å²) in [7, 11) is 0. The number of aliphatic imine (C=N–C) groups is 1. The molecular weight excluding hydrogens is 716 g/mol. The lowest BCUT2D eigenvalue weighted by molar-refractivity contribution is -0.136. The number of hydrogen-bond acceptors (Lipinski definition) is 8. The first-order valence-corrected chi connectivity index (χ1v) is 19.3. The van der Waals surface area contributed by atoms with Crippen LogP contribution in [0.2, 0.25) is 0 Å². The highest BCUT2D eigenvalue weighted by atomic mass is 16.6. The van der Waals surface area contributed by atoms with Crippen molar-refractivity contribution >= 4 is 35.9 Å². The maximum absolute atomic E-state index is 13.9. The van der Waals surface area contributed by atoms with E-state index in [1.807, 2.05) is 91.0 Å². The Morgan fingerprint density at radius 3 is 1.88 bits per heavy atom. The maximum Gasteiger partial charge on any atom is 0.437 e. The quantitative estimate of drug-likeness (QED) is 0.105. The van der Waals surface area contributed by atoms with E-state index in [0.717, 1.165) is 48.8 Å². The molecule has 2 unspecified atom stereocenters. The summed E-state index contributed by atoms with van der Waals surface area (Å²) in [5, 5.41) is 20.9. The molecule has 4 amide bonds. The Labute approximate surface area is 327 Å². The predicted molar refractivity (Wildman–Crippen MR) is 209 cm³/mol. The summed E-state index contributed by atoms with van der Waals surface area (Å²) in [6.07, 6.45) is 5.22. The number of benzene rings is 3. The summed E-state index contributed by atoms with van der Waals surface area (Å²) in [6.45, 7) is 0.305. The predicted octanol–water partition coefficient (Wildman–Crippen LogP) is 4.93. The molecule has 2 atom stereocenters. The molecular formula is C42H52N6O8. The first kappa shape index (κ1) is 41.4. The molecule has 1 saturated carbocycles.